The molecular weight excluding hydrogens is 351 g/mol. The number of benzene rings is 2. The Morgan fingerprint density at radius 1 is 1.17 bits per heavy atom. The van der Waals surface area contributed by atoms with Crippen molar-refractivity contribution in [1.82, 2.24) is 5.32 Å². The molecule has 2 aromatic rings. The lowest BCUT2D eigenvalue weighted by molar-refractivity contribution is 0.104. The Hall–Kier alpha value is -1.95. The van der Waals surface area contributed by atoms with Crippen molar-refractivity contribution in [1.29, 1.82) is 0 Å². The van der Waals surface area contributed by atoms with Crippen LogP contribution in [0.5, 0.6) is 5.75 Å². The SMILES string of the molecule is COc1ccc(Cl)cc1NC(=O)NCC(OC)c1ccccc1Cl. The van der Waals surface area contributed by atoms with Crippen molar-refractivity contribution in [3.05, 3.63) is 58.1 Å². The van der Waals surface area contributed by atoms with Crippen LogP contribution in [0.4, 0.5) is 10.5 Å². The Bertz CT molecular complexity index is 710. The maximum absolute atomic E-state index is 12.1. The molecule has 0 saturated heterocycles. The minimum atomic E-state index is -0.398. The minimum absolute atomic E-state index is 0.259. The highest BCUT2D eigenvalue weighted by Gasteiger charge is 2.15. The van der Waals surface area contributed by atoms with Crippen molar-refractivity contribution in [3.8, 4) is 5.75 Å². The molecule has 5 nitrogen and oxygen atoms in total. The summed E-state index contributed by atoms with van der Waals surface area (Å²) in [7, 11) is 3.08. The highest BCUT2D eigenvalue weighted by Crippen LogP contribution is 2.28. The number of anilines is 1. The molecule has 2 amide bonds. The Kier molecular flexibility index (Phi) is 6.73. The second-order valence-corrected chi connectivity index (χ2v) is 5.77. The maximum atomic E-state index is 12.1. The van der Waals surface area contributed by atoms with Gasteiger partial charge in [0, 0.05) is 29.3 Å². The molecule has 128 valence electrons. The van der Waals surface area contributed by atoms with Crippen molar-refractivity contribution >= 4 is 34.9 Å². The molecule has 0 fully saturated rings. The maximum Gasteiger partial charge on any atom is 0.319 e. The van der Waals surface area contributed by atoms with Crippen molar-refractivity contribution in [2.45, 2.75) is 6.10 Å². The predicted octanol–water partition coefficient (Wildman–Crippen LogP) is 4.51. The Labute approximate surface area is 150 Å². The van der Waals surface area contributed by atoms with E-state index >= 15 is 0 Å². The number of ether oxygens (including phenoxy) is 2. The molecule has 1 atom stereocenters. The van der Waals surface area contributed by atoms with E-state index in [2.05, 4.69) is 10.6 Å². The Morgan fingerprint density at radius 3 is 2.58 bits per heavy atom. The van der Waals surface area contributed by atoms with Gasteiger partial charge in [-0.25, -0.2) is 4.79 Å². The number of urea groups is 1. The van der Waals surface area contributed by atoms with Crippen molar-refractivity contribution in [2.24, 2.45) is 0 Å². The lowest BCUT2D eigenvalue weighted by atomic mass is 10.1. The van der Waals surface area contributed by atoms with Gasteiger partial charge in [0.1, 0.15) is 11.9 Å². The van der Waals surface area contributed by atoms with Crippen LogP contribution < -0.4 is 15.4 Å². The molecule has 0 saturated carbocycles. The molecule has 0 aliphatic rings. The van der Waals surface area contributed by atoms with Crippen LogP contribution in [0.15, 0.2) is 42.5 Å². The van der Waals surface area contributed by atoms with Gasteiger partial charge in [-0.1, -0.05) is 41.4 Å². The molecule has 2 N–H and O–H groups in total. The highest BCUT2D eigenvalue weighted by atomic mass is 35.5. The third-order valence-corrected chi connectivity index (χ3v) is 3.97. The summed E-state index contributed by atoms with van der Waals surface area (Å²) in [6, 6.07) is 11.9. The third-order valence-electron chi connectivity index (χ3n) is 3.39. The normalized spacial score (nSPS) is 11.7. The molecule has 0 aliphatic heterocycles. The first kappa shape index (κ1) is 18.4. The number of carbonyl (C=O) groups excluding carboxylic acids is 1. The molecule has 24 heavy (non-hydrogen) atoms. The minimum Gasteiger partial charge on any atom is -0.495 e. The van der Waals surface area contributed by atoms with Crippen molar-refractivity contribution in [2.75, 3.05) is 26.1 Å². The zero-order valence-corrected chi connectivity index (χ0v) is 14.8. The monoisotopic (exact) mass is 368 g/mol. The standard InChI is InChI=1S/C17H18Cl2N2O3/c1-23-15-8-7-11(18)9-14(15)21-17(22)20-10-16(24-2)12-5-3-4-6-13(12)19/h3-9,16H,10H2,1-2H3,(H2,20,21,22). The molecule has 0 bridgehead atoms. The van der Waals surface area contributed by atoms with E-state index in [0.29, 0.717) is 21.5 Å². The number of rotatable bonds is 6. The second kappa shape index (κ2) is 8.78. The molecule has 0 spiro atoms. The van der Waals surface area contributed by atoms with Crippen LogP contribution >= 0.6 is 23.2 Å². The van der Waals surface area contributed by atoms with Crippen LogP contribution in [0.25, 0.3) is 0 Å². The lowest BCUT2D eigenvalue weighted by Crippen LogP contribution is -2.33. The molecule has 0 aliphatic carbocycles. The average molecular weight is 369 g/mol. The van der Waals surface area contributed by atoms with Gasteiger partial charge in [-0.05, 0) is 24.3 Å². The molecule has 1 unspecified atom stereocenters. The zero-order chi connectivity index (χ0) is 17.5. The number of halogens is 2. The first-order chi connectivity index (χ1) is 11.5. The first-order valence-corrected chi connectivity index (χ1v) is 7.96. The van der Waals surface area contributed by atoms with Crippen molar-refractivity contribution in [3.63, 3.8) is 0 Å². The number of methoxy groups -OCH3 is 2. The molecule has 0 heterocycles. The van der Waals surface area contributed by atoms with Crippen LogP contribution in [0.2, 0.25) is 10.0 Å². The van der Waals surface area contributed by atoms with Crippen LogP contribution in [0, 0.1) is 0 Å². The van der Waals surface area contributed by atoms with E-state index < -0.39 is 6.03 Å². The van der Waals surface area contributed by atoms with Crippen LogP contribution in [0.3, 0.4) is 0 Å². The lowest BCUT2D eigenvalue weighted by Gasteiger charge is -2.18. The smallest absolute Gasteiger partial charge is 0.319 e. The van der Waals surface area contributed by atoms with Gasteiger partial charge in [-0.2, -0.15) is 0 Å². The summed E-state index contributed by atoms with van der Waals surface area (Å²) in [6.45, 7) is 0.259. The van der Waals surface area contributed by atoms with Gasteiger partial charge in [-0.15, -0.1) is 0 Å². The van der Waals surface area contributed by atoms with E-state index in [0.717, 1.165) is 5.56 Å². The molecule has 2 aromatic carbocycles. The van der Waals surface area contributed by atoms with Crippen LogP contribution in [-0.4, -0.2) is 26.8 Å². The summed E-state index contributed by atoms with van der Waals surface area (Å²) >= 11 is 12.1. The van der Waals surface area contributed by atoms with Crippen molar-refractivity contribution < 1.29 is 14.3 Å². The fourth-order valence-electron chi connectivity index (χ4n) is 2.19. The van der Waals surface area contributed by atoms with Gasteiger partial charge >= 0.3 is 6.03 Å². The Morgan fingerprint density at radius 2 is 1.92 bits per heavy atom. The quantitative estimate of drug-likeness (QED) is 0.788. The number of amides is 2. The van der Waals surface area contributed by atoms with E-state index in [4.69, 9.17) is 32.7 Å². The average Bonchev–Trinajstić information content (AvgIpc) is 2.57. The van der Waals surface area contributed by atoms with Crippen LogP contribution in [-0.2, 0) is 4.74 Å². The fourth-order valence-corrected chi connectivity index (χ4v) is 2.62. The predicted molar refractivity (Wildman–Crippen MR) is 96.2 cm³/mol. The van der Waals surface area contributed by atoms with Gasteiger partial charge < -0.3 is 20.1 Å². The number of carbonyl (C=O) groups is 1. The summed E-state index contributed by atoms with van der Waals surface area (Å²) in [6.07, 6.45) is -0.356. The van der Waals surface area contributed by atoms with E-state index in [-0.39, 0.29) is 12.6 Å². The van der Waals surface area contributed by atoms with Gasteiger partial charge in [0.2, 0.25) is 0 Å². The summed E-state index contributed by atoms with van der Waals surface area (Å²) < 4.78 is 10.6. The summed E-state index contributed by atoms with van der Waals surface area (Å²) in [5.74, 6) is 0.518. The number of nitrogens with one attached hydrogen (secondary N) is 2. The fraction of sp³-hybridized carbons (Fsp3) is 0.235. The number of hydrogen-bond acceptors (Lipinski definition) is 3. The molecule has 2 rings (SSSR count). The van der Waals surface area contributed by atoms with E-state index in [1.54, 1.807) is 31.4 Å². The van der Waals surface area contributed by atoms with E-state index in [1.807, 2.05) is 18.2 Å². The summed E-state index contributed by atoms with van der Waals surface area (Å²) in [5, 5.41) is 6.53. The first-order valence-electron chi connectivity index (χ1n) is 7.20. The topological polar surface area (TPSA) is 59.6 Å². The van der Waals surface area contributed by atoms with Gasteiger partial charge in [0.15, 0.2) is 0 Å². The van der Waals surface area contributed by atoms with E-state index in [9.17, 15) is 4.79 Å². The number of hydrogen-bond donors (Lipinski definition) is 2. The van der Waals surface area contributed by atoms with E-state index in [1.165, 1.54) is 7.11 Å². The van der Waals surface area contributed by atoms with Crippen LogP contribution in [0.1, 0.15) is 11.7 Å². The molecule has 0 aromatic heterocycles. The molecule has 7 heteroatoms. The van der Waals surface area contributed by atoms with Gasteiger partial charge in [-0.3, -0.25) is 0 Å². The van der Waals surface area contributed by atoms with Gasteiger partial charge in [0.25, 0.3) is 0 Å². The summed E-state index contributed by atoms with van der Waals surface area (Å²) in [4.78, 5) is 12.1. The summed E-state index contributed by atoms with van der Waals surface area (Å²) in [5.41, 5.74) is 1.29. The largest absolute Gasteiger partial charge is 0.495 e. The molecular formula is C17H18Cl2N2O3. The Balaban J connectivity index is 2.00. The van der Waals surface area contributed by atoms with Gasteiger partial charge in [0.05, 0.1) is 12.8 Å². The second-order valence-electron chi connectivity index (χ2n) is 4.93. The molecule has 0 radical (unpaired) electrons. The third kappa shape index (κ3) is 4.77. The highest BCUT2D eigenvalue weighted by molar-refractivity contribution is 6.31. The zero-order valence-electron chi connectivity index (χ0n) is 13.3.